The predicted octanol–water partition coefficient (Wildman–Crippen LogP) is 2.36. The first-order chi connectivity index (χ1) is 6.09. The lowest BCUT2D eigenvalue weighted by molar-refractivity contribution is 0.122. The molecule has 0 aliphatic heterocycles. The number of benzene rings is 1. The van der Waals surface area contributed by atoms with Crippen LogP contribution >= 0.6 is 22.6 Å². The maximum atomic E-state index is 9.05. The minimum atomic E-state index is -0.420. The quantitative estimate of drug-likeness (QED) is 0.867. The SMILES string of the molecule is Cc1ccc(I)c(OCC(C)O)c1. The molecule has 0 spiro atoms. The molecule has 0 saturated carbocycles. The van der Waals surface area contributed by atoms with E-state index in [-0.39, 0.29) is 0 Å². The van der Waals surface area contributed by atoms with Crippen molar-refractivity contribution in [3.8, 4) is 5.75 Å². The van der Waals surface area contributed by atoms with Gasteiger partial charge >= 0.3 is 0 Å². The summed E-state index contributed by atoms with van der Waals surface area (Å²) in [6.07, 6.45) is -0.420. The van der Waals surface area contributed by atoms with E-state index >= 15 is 0 Å². The van der Waals surface area contributed by atoms with Gasteiger partial charge < -0.3 is 9.84 Å². The van der Waals surface area contributed by atoms with Crippen LogP contribution < -0.4 is 4.74 Å². The number of hydrogen-bond donors (Lipinski definition) is 1. The van der Waals surface area contributed by atoms with Gasteiger partial charge in [-0.15, -0.1) is 0 Å². The molecular formula is C10H13IO2. The van der Waals surface area contributed by atoms with Gasteiger partial charge in [0, 0.05) is 0 Å². The van der Waals surface area contributed by atoms with E-state index in [0.717, 1.165) is 9.32 Å². The van der Waals surface area contributed by atoms with E-state index in [0.29, 0.717) is 6.61 Å². The van der Waals surface area contributed by atoms with Crippen LogP contribution in [0.15, 0.2) is 18.2 Å². The Labute approximate surface area is 92.1 Å². The number of hydrogen-bond acceptors (Lipinski definition) is 2. The molecule has 0 aliphatic rings. The molecule has 1 N–H and O–H groups in total. The number of aliphatic hydroxyl groups is 1. The monoisotopic (exact) mass is 292 g/mol. The third-order valence-electron chi connectivity index (χ3n) is 1.57. The first kappa shape index (κ1) is 10.8. The van der Waals surface area contributed by atoms with E-state index in [1.807, 2.05) is 25.1 Å². The van der Waals surface area contributed by atoms with E-state index in [9.17, 15) is 0 Å². The third kappa shape index (κ3) is 3.52. The van der Waals surface area contributed by atoms with Gasteiger partial charge in [-0.2, -0.15) is 0 Å². The molecule has 1 rings (SSSR count). The van der Waals surface area contributed by atoms with Gasteiger partial charge in [-0.05, 0) is 54.1 Å². The molecule has 3 heteroatoms. The summed E-state index contributed by atoms with van der Waals surface area (Å²) >= 11 is 2.22. The molecule has 72 valence electrons. The van der Waals surface area contributed by atoms with E-state index in [1.165, 1.54) is 5.56 Å². The van der Waals surface area contributed by atoms with E-state index in [2.05, 4.69) is 22.6 Å². The topological polar surface area (TPSA) is 29.5 Å². The van der Waals surface area contributed by atoms with Gasteiger partial charge in [0.1, 0.15) is 12.4 Å². The van der Waals surface area contributed by atoms with Gasteiger partial charge in [-0.1, -0.05) is 6.07 Å². The molecule has 1 aromatic rings. The number of ether oxygens (including phenoxy) is 1. The van der Waals surface area contributed by atoms with Crippen molar-refractivity contribution >= 4 is 22.6 Å². The lowest BCUT2D eigenvalue weighted by Gasteiger charge is -2.10. The fourth-order valence-corrected chi connectivity index (χ4v) is 1.42. The summed E-state index contributed by atoms with van der Waals surface area (Å²) in [4.78, 5) is 0. The number of aliphatic hydroxyl groups excluding tert-OH is 1. The maximum absolute atomic E-state index is 9.05. The highest BCUT2D eigenvalue weighted by molar-refractivity contribution is 14.1. The van der Waals surface area contributed by atoms with Crippen molar-refractivity contribution in [2.24, 2.45) is 0 Å². The Kier molecular flexibility index (Phi) is 3.99. The molecule has 0 radical (unpaired) electrons. The normalized spacial score (nSPS) is 12.6. The van der Waals surface area contributed by atoms with Gasteiger partial charge in [0.25, 0.3) is 0 Å². The number of halogens is 1. The third-order valence-corrected chi connectivity index (χ3v) is 2.46. The highest BCUT2D eigenvalue weighted by atomic mass is 127. The Morgan fingerprint density at radius 1 is 1.54 bits per heavy atom. The molecule has 1 atom stereocenters. The standard InChI is InChI=1S/C10H13IO2/c1-7-3-4-9(11)10(5-7)13-6-8(2)12/h3-5,8,12H,6H2,1-2H3. The van der Waals surface area contributed by atoms with Gasteiger partial charge in [-0.3, -0.25) is 0 Å². The second-order valence-corrected chi connectivity index (χ2v) is 4.26. The predicted molar refractivity (Wildman–Crippen MR) is 61.1 cm³/mol. The van der Waals surface area contributed by atoms with Crippen molar-refractivity contribution in [1.82, 2.24) is 0 Å². The number of rotatable bonds is 3. The Hall–Kier alpha value is -0.290. The zero-order valence-electron chi connectivity index (χ0n) is 7.75. The van der Waals surface area contributed by atoms with Crippen molar-refractivity contribution in [2.75, 3.05) is 6.61 Å². The molecule has 0 aliphatic carbocycles. The van der Waals surface area contributed by atoms with Crippen molar-refractivity contribution in [2.45, 2.75) is 20.0 Å². The van der Waals surface area contributed by atoms with Crippen LogP contribution in [0.25, 0.3) is 0 Å². The van der Waals surface area contributed by atoms with Crippen LogP contribution in [0.1, 0.15) is 12.5 Å². The van der Waals surface area contributed by atoms with Crippen LogP contribution in [0, 0.1) is 10.5 Å². The summed E-state index contributed by atoms with van der Waals surface area (Å²) in [5.74, 6) is 0.849. The molecule has 0 aromatic heterocycles. The van der Waals surface area contributed by atoms with E-state index in [1.54, 1.807) is 6.92 Å². The summed E-state index contributed by atoms with van der Waals surface area (Å²) in [5, 5.41) is 9.05. The summed E-state index contributed by atoms with van der Waals surface area (Å²) in [5.41, 5.74) is 1.17. The molecular weight excluding hydrogens is 279 g/mol. The van der Waals surface area contributed by atoms with Crippen molar-refractivity contribution in [3.05, 3.63) is 27.3 Å². The summed E-state index contributed by atoms with van der Waals surface area (Å²) in [6, 6.07) is 6.02. The fourth-order valence-electron chi connectivity index (χ4n) is 0.932. The average molecular weight is 292 g/mol. The molecule has 2 nitrogen and oxygen atoms in total. The molecule has 0 fully saturated rings. The van der Waals surface area contributed by atoms with Gasteiger partial charge in [-0.25, -0.2) is 0 Å². The van der Waals surface area contributed by atoms with Crippen molar-refractivity contribution in [3.63, 3.8) is 0 Å². The fraction of sp³-hybridized carbons (Fsp3) is 0.400. The molecule has 0 heterocycles. The first-order valence-electron chi connectivity index (χ1n) is 4.16. The van der Waals surface area contributed by atoms with Crippen molar-refractivity contribution < 1.29 is 9.84 Å². The Balaban J connectivity index is 2.70. The zero-order chi connectivity index (χ0) is 9.84. The Morgan fingerprint density at radius 2 is 2.23 bits per heavy atom. The van der Waals surface area contributed by atoms with Crippen LogP contribution in [0.4, 0.5) is 0 Å². The van der Waals surface area contributed by atoms with Gasteiger partial charge in [0.2, 0.25) is 0 Å². The maximum Gasteiger partial charge on any atom is 0.133 e. The highest BCUT2D eigenvalue weighted by Crippen LogP contribution is 2.21. The molecule has 0 amide bonds. The summed E-state index contributed by atoms with van der Waals surface area (Å²) < 4.78 is 6.49. The van der Waals surface area contributed by atoms with E-state index in [4.69, 9.17) is 9.84 Å². The molecule has 1 unspecified atom stereocenters. The van der Waals surface area contributed by atoms with Gasteiger partial charge in [0.15, 0.2) is 0 Å². The minimum absolute atomic E-state index is 0.347. The summed E-state index contributed by atoms with van der Waals surface area (Å²) in [7, 11) is 0. The van der Waals surface area contributed by atoms with E-state index < -0.39 is 6.10 Å². The lowest BCUT2D eigenvalue weighted by atomic mass is 10.2. The lowest BCUT2D eigenvalue weighted by Crippen LogP contribution is -2.13. The van der Waals surface area contributed by atoms with Crippen LogP contribution in [-0.2, 0) is 0 Å². The van der Waals surface area contributed by atoms with Crippen LogP contribution in [0.3, 0.4) is 0 Å². The minimum Gasteiger partial charge on any atom is -0.490 e. The Morgan fingerprint density at radius 3 is 2.85 bits per heavy atom. The average Bonchev–Trinajstić information content (AvgIpc) is 2.06. The van der Waals surface area contributed by atoms with Crippen LogP contribution in [0.2, 0.25) is 0 Å². The van der Waals surface area contributed by atoms with Crippen molar-refractivity contribution in [1.29, 1.82) is 0 Å². The Bertz CT molecular complexity index is 284. The van der Waals surface area contributed by atoms with Crippen LogP contribution in [0.5, 0.6) is 5.75 Å². The second-order valence-electron chi connectivity index (χ2n) is 3.09. The molecule has 1 aromatic carbocycles. The van der Waals surface area contributed by atoms with Crippen LogP contribution in [-0.4, -0.2) is 17.8 Å². The highest BCUT2D eigenvalue weighted by Gasteiger charge is 2.02. The largest absolute Gasteiger partial charge is 0.490 e. The zero-order valence-corrected chi connectivity index (χ0v) is 9.91. The smallest absolute Gasteiger partial charge is 0.133 e. The van der Waals surface area contributed by atoms with Gasteiger partial charge in [0.05, 0.1) is 9.67 Å². The number of aryl methyl sites for hydroxylation is 1. The molecule has 0 bridgehead atoms. The first-order valence-corrected chi connectivity index (χ1v) is 5.24. The molecule has 13 heavy (non-hydrogen) atoms. The second kappa shape index (κ2) is 4.81. The summed E-state index contributed by atoms with van der Waals surface area (Å²) in [6.45, 7) is 4.08. The molecule has 0 saturated heterocycles.